The van der Waals surface area contributed by atoms with E-state index >= 15 is 0 Å². The van der Waals surface area contributed by atoms with Crippen LogP contribution in [-0.2, 0) is 18.3 Å². The Kier molecular flexibility index (Phi) is 3.42. The van der Waals surface area contributed by atoms with E-state index in [9.17, 15) is 0 Å². The molecule has 0 spiro atoms. The van der Waals surface area contributed by atoms with Crippen LogP contribution in [0.25, 0.3) is 10.2 Å². The highest BCUT2D eigenvalue weighted by Crippen LogP contribution is 2.47. The van der Waals surface area contributed by atoms with Gasteiger partial charge < -0.3 is 0 Å². The van der Waals surface area contributed by atoms with Crippen molar-refractivity contribution in [3.8, 4) is 0 Å². The molecule has 4 aromatic rings. The number of aromatic nitrogens is 2. The Hall–Kier alpha value is -2.52. The Balaban J connectivity index is 1.71. The monoisotopic (exact) mass is 342 g/mol. The molecule has 0 fully saturated rings. The van der Waals surface area contributed by atoms with Crippen molar-refractivity contribution in [3.63, 3.8) is 0 Å². The first-order chi connectivity index (χ1) is 12.4. The predicted octanol–water partition coefficient (Wildman–Crippen LogP) is 5.17. The first-order valence-electron chi connectivity index (χ1n) is 8.68. The van der Waals surface area contributed by atoms with E-state index in [-0.39, 0.29) is 5.41 Å². The van der Waals surface area contributed by atoms with E-state index in [1.807, 2.05) is 17.5 Å². The topological polar surface area (TPSA) is 25.8 Å². The molecule has 2 heterocycles. The summed E-state index contributed by atoms with van der Waals surface area (Å²) in [4.78, 5) is 11.3. The van der Waals surface area contributed by atoms with Gasteiger partial charge in [-0.1, -0.05) is 60.7 Å². The highest BCUT2D eigenvalue weighted by atomic mass is 32.1. The number of fused-ring (bicyclic) bond motifs is 3. The molecular weight excluding hydrogens is 324 g/mol. The van der Waals surface area contributed by atoms with E-state index in [0.717, 1.165) is 24.1 Å². The highest BCUT2D eigenvalue weighted by molar-refractivity contribution is 7.18. The van der Waals surface area contributed by atoms with Crippen molar-refractivity contribution in [2.45, 2.75) is 24.7 Å². The van der Waals surface area contributed by atoms with E-state index in [1.54, 1.807) is 6.33 Å². The van der Waals surface area contributed by atoms with Gasteiger partial charge in [0.1, 0.15) is 11.2 Å². The third-order valence-electron chi connectivity index (χ3n) is 5.47. The SMILES string of the molecule is c1ccc(C2(c3ccccc3)CCc3c(sc4ncncc34)C2)cc1. The maximum absolute atomic E-state index is 4.49. The van der Waals surface area contributed by atoms with Crippen LogP contribution >= 0.6 is 11.3 Å². The Morgan fingerprint density at radius 1 is 0.880 bits per heavy atom. The summed E-state index contributed by atoms with van der Waals surface area (Å²) >= 11 is 1.84. The number of thiophene rings is 1. The number of nitrogens with zero attached hydrogens (tertiary/aromatic N) is 2. The lowest BCUT2D eigenvalue weighted by atomic mass is 9.65. The fourth-order valence-electron chi connectivity index (χ4n) is 4.23. The number of hydrogen-bond acceptors (Lipinski definition) is 3. The molecule has 2 aromatic carbocycles. The Labute approximate surface area is 151 Å². The summed E-state index contributed by atoms with van der Waals surface area (Å²) in [7, 11) is 0. The smallest absolute Gasteiger partial charge is 0.127 e. The van der Waals surface area contributed by atoms with Crippen molar-refractivity contribution in [3.05, 3.63) is 94.8 Å². The minimum absolute atomic E-state index is 0.0455. The minimum Gasteiger partial charge on any atom is -0.244 e. The highest BCUT2D eigenvalue weighted by Gasteiger charge is 2.39. The summed E-state index contributed by atoms with van der Waals surface area (Å²) in [5, 5.41) is 1.25. The third kappa shape index (κ3) is 2.30. The van der Waals surface area contributed by atoms with Gasteiger partial charge in [0.05, 0.1) is 0 Å². The second-order valence-corrected chi connectivity index (χ2v) is 7.82. The fraction of sp³-hybridized carbons (Fsp3) is 0.182. The lowest BCUT2D eigenvalue weighted by Gasteiger charge is -2.38. The molecule has 0 unspecified atom stereocenters. The standard InChI is InChI=1S/C22H18N2S/c1-3-7-16(8-4-1)22(17-9-5-2-6-10-17)12-11-18-19-14-23-15-24-21(19)25-20(18)13-22/h1-10,14-15H,11-13H2. The molecule has 25 heavy (non-hydrogen) atoms. The zero-order valence-electron chi connectivity index (χ0n) is 13.9. The summed E-state index contributed by atoms with van der Waals surface area (Å²) in [6.45, 7) is 0. The Bertz CT molecular complexity index is 982. The van der Waals surface area contributed by atoms with Crippen LogP contribution < -0.4 is 0 Å². The number of benzene rings is 2. The number of hydrogen-bond donors (Lipinski definition) is 0. The van der Waals surface area contributed by atoms with Gasteiger partial charge in [0.15, 0.2) is 0 Å². The molecule has 3 heteroatoms. The molecule has 0 aliphatic heterocycles. The van der Waals surface area contributed by atoms with E-state index in [2.05, 4.69) is 70.6 Å². The third-order valence-corrected chi connectivity index (χ3v) is 6.63. The molecule has 0 saturated heterocycles. The van der Waals surface area contributed by atoms with Gasteiger partial charge in [-0.15, -0.1) is 11.3 Å². The van der Waals surface area contributed by atoms with E-state index < -0.39 is 0 Å². The average molecular weight is 342 g/mol. The first kappa shape index (κ1) is 14.8. The zero-order valence-corrected chi connectivity index (χ0v) is 14.7. The summed E-state index contributed by atoms with van der Waals surface area (Å²) in [6, 6.07) is 22.0. The molecule has 1 aliphatic rings. The Morgan fingerprint density at radius 2 is 1.56 bits per heavy atom. The van der Waals surface area contributed by atoms with Gasteiger partial charge in [0, 0.05) is 21.9 Å². The van der Waals surface area contributed by atoms with Crippen molar-refractivity contribution in [1.29, 1.82) is 0 Å². The van der Waals surface area contributed by atoms with Crippen LogP contribution in [0.15, 0.2) is 73.2 Å². The molecule has 2 aromatic heterocycles. The first-order valence-corrected chi connectivity index (χ1v) is 9.50. The molecule has 122 valence electrons. The van der Waals surface area contributed by atoms with Crippen molar-refractivity contribution in [1.82, 2.24) is 9.97 Å². The van der Waals surface area contributed by atoms with Crippen LogP contribution in [0.3, 0.4) is 0 Å². The molecular formula is C22H18N2S. The summed E-state index contributed by atoms with van der Waals surface area (Å²) < 4.78 is 0. The molecule has 0 atom stereocenters. The van der Waals surface area contributed by atoms with E-state index in [1.165, 1.54) is 27.0 Å². The molecule has 2 nitrogen and oxygen atoms in total. The maximum atomic E-state index is 4.49. The molecule has 0 amide bonds. The fourth-order valence-corrected chi connectivity index (χ4v) is 5.50. The minimum atomic E-state index is 0.0455. The summed E-state index contributed by atoms with van der Waals surface area (Å²) in [6.07, 6.45) is 6.88. The van der Waals surface area contributed by atoms with Crippen LogP contribution in [0.2, 0.25) is 0 Å². The largest absolute Gasteiger partial charge is 0.244 e. The average Bonchev–Trinajstić information content (AvgIpc) is 3.06. The quantitative estimate of drug-likeness (QED) is 0.502. The summed E-state index contributed by atoms with van der Waals surface area (Å²) in [5.74, 6) is 0. The van der Waals surface area contributed by atoms with Gasteiger partial charge in [-0.05, 0) is 36.0 Å². The van der Waals surface area contributed by atoms with Crippen LogP contribution in [0.4, 0.5) is 0 Å². The molecule has 0 N–H and O–H groups in total. The normalized spacial score (nSPS) is 15.8. The van der Waals surface area contributed by atoms with Crippen LogP contribution in [0.5, 0.6) is 0 Å². The van der Waals surface area contributed by atoms with Gasteiger partial charge in [0.2, 0.25) is 0 Å². The zero-order chi connectivity index (χ0) is 16.7. The van der Waals surface area contributed by atoms with Crippen LogP contribution in [0, 0.1) is 0 Å². The van der Waals surface area contributed by atoms with E-state index in [0.29, 0.717) is 0 Å². The second kappa shape index (κ2) is 5.78. The van der Waals surface area contributed by atoms with Gasteiger partial charge in [-0.2, -0.15) is 0 Å². The number of rotatable bonds is 2. The molecule has 1 aliphatic carbocycles. The van der Waals surface area contributed by atoms with Crippen LogP contribution in [-0.4, -0.2) is 9.97 Å². The van der Waals surface area contributed by atoms with Gasteiger partial charge in [-0.3, -0.25) is 0 Å². The lowest BCUT2D eigenvalue weighted by Crippen LogP contribution is -2.34. The Morgan fingerprint density at radius 3 is 2.24 bits per heavy atom. The second-order valence-electron chi connectivity index (χ2n) is 6.74. The van der Waals surface area contributed by atoms with E-state index in [4.69, 9.17) is 0 Å². The molecule has 0 radical (unpaired) electrons. The van der Waals surface area contributed by atoms with Gasteiger partial charge >= 0.3 is 0 Å². The van der Waals surface area contributed by atoms with Crippen molar-refractivity contribution in [2.75, 3.05) is 0 Å². The maximum Gasteiger partial charge on any atom is 0.127 e. The predicted molar refractivity (Wildman–Crippen MR) is 103 cm³/mol. The molecule has 5 rings (SSSR count). The van der Waals surface area contributed by atoms with Crippen molar-refractivity contribution in [2.24, 2.45) is 0 Å². The van der Waals surface area contributed by atoms with Gasteiger partial charge in [-0.25, -0.2) is 9.97 Å². The van der Waals surface area contributed by atoms with Gasteiger partial charge in [0.25, 0.3) is 0 Å². The lowest BCUT2D eigenvalue weighted by molar-refractivity contribution is 0.450. The van der Waals surface area contributed by atoms with Crippen molar-refractivity contribution >= 4 is 21.6 Å². The van der Waals surface area contributed by atoms with Crippen molar-refractivity contribution < 1.29 is 0 Å². The number of aryl methyl sites for hydroxylation is 1. The molecule has 0 bridgehead atoms. The van der Waals surface area contributed by atoms with Crippen LogP contribution in [0.1, 0.15) is 28.0 Å². The molecule has 0 saturated carbocycles. The summed E-state index contributed by atoms with van der Waals surface area (Å²) in [5.41, 5.74) is 4.33.